The molecule has 2 aromatic heterocycles. The van der Waals surface area contributed by atoms with E-state index in [-0.39, 0.29) is 0 Å². The lowest BCUT2D eigenvalue weighted by Gasteiger charge is -2.30. The topological polar surface area (TPSA) is 25.8 Å². The molecule has 0 bridgehead atoms. The van der Waals surface area contributed by atoms with Gasteiger partial charge < -0.3 is 0 Å². The molecule has 0 aliphatic heterocycles. The van der Waals surface area contributed by atoms with Crippen LogP contribution >= 0.6 is 11.3 Å². The molecular weight excluding hydrogens is 769 g/mol. The van der Waals surface area contributed by atoms with Crippen LogP contribution in [0.15, 0.2) is 218 Å². The second-order valence-corrected chi connectivity index (χ2v) is 17.5. The minimum absolute atomic E-state index is 0.392. The first-order chi connectivity index (χ1) is 30.7. The van der Waals surface area contributed by atoms with Gasteiger partial charge in [0.1, 0.15) is 0 Å². The molecule has 0 saturated heterocycles. The molecule has 0 fully saturated rings. The highest BCUT2D eigenvalue weighted by Gasteiger charge is 2.51. The number of hydrogen-bond donors (Lipinski definition) is 0. The van der Waals surface area contributed by atoms with E-state index in [1.807, 2.05) is 17.4 Å². The summed E-state index contributed by atoms with van der Waals surface area (Å²) in [7, 11) is 0. The molecule has 0 atom stereocenters. The van der Waals surface area contributed by atoms with Crippen LogP contribution in [0.2, 0.25) is 0 Å². The number of fused-ring (bicyclic) bond motifs is 13. The van der Waals surface area contributed by atoms with Gasteiger partial charge >= 0.3 is 0 Å². The summed E-state index contributed by atoms with van der Waals surface area (Å²) in [4.78, 5) is 10.7. The third-order valence-electron chi connectivity index (χ3n) is 13.1. The fourth-order valence-corrected chi connectivity index (χ4v) is 11.5. The van der Waals surface area contributed by atoms with E-state index in [2.05, 4.69) is 212 Å². The van der Waals surface area contributed by atoms with Crippen molar-refractivity contribution in [2.45, 2.75) is 5.41 Å². The minimum Gasteiger partial charge on any atom is -0.228 e. The Morgan fingerprint density at radius 2 is 0.790 bits per heavy atom. The predicted molar refractivity (Wildman–Crippen MR) is 258 cm³/mol. The summed E-state index contributed by atoms with van der Waals surface area (Å²) in [5.41, 5.74) is 19.6. The summed E-state index contributed by atoms with van der Waals surface area (Å²) in [6.45, 7) is 0. The zero-order chi connectivity index (χ0) is 40.8. The zero-order valence-corrected chi connectivity index (χ0v) is 34.4. The van der Waals surface area contributed by atoms with Gasteiger partial charge in [0.25, 0.3) is 0 Å². The van der Waals surface area contributed by atoms with Gasteiger partial charge in [-0.25, -0.2) is 9.97 Å². The average molecular weight is 805 g/mol. The van der Waals surface area contributed by atoms with Crippen LogP contribution in [0.5, 0.6) is 0 Å². The van der Waals surface area contributed by atoms with E-state index in [0.717, 1.165) is 44.8 Å². The van der Waals surface area contributed by atoms with Gasteiger partial charge in [0.05, 0.1) is 16.8 Å². The maximum atomic E-state index is 5.36. The maximum absolute atomic E-state index is 5.36. The van der Waals surface area contributed by atoms with Crippen molar-refractivity contribution in [2.75, 3.05) is 0 Å². The van der Waals surface area contributed by atoms with Gasteiger partial charge in [-0.2, -0.15) is 0 Å². The van der Waals surface area contributed by atoms with Crippen LogP contribution in [0.25, 0.3) is 98.6 Å². The van der Waals surface area contributed by atoms with Crippen molar-refractivity contribution in [2.24, 2.45) is 0 Å². The molecule has 1 spiro atoms. The fraction of sp³-hybridized carbons (Fsp3) is 0.0169. The molecule has 0 radical (unpaired) electrons. The number of thiophene rings is 1. The summed E-state index contributed by atoms with van der Waals surface area (Å²) in [6.07, 6.45) is 0. The van der Waals surface area contributed by atoms with Crippen LogP contribution in [0.1, 0.15) is 22.3 Å². The summed E-state index contributed by atoms with van der Waals surface area (Å²) in [6, 6.07) is 79.7. The van der Waals surface area contributed by atoms with Crippen LogP contribution in [0, 0.1) is 0 Å². The lowest BCUT2D eigenvalue weighted by atomic mass is 9.70. The molecule has 0 unspecified atom stereocenters. The molecule has 0 N–H and O–H groups in total. The molecule has 2 aliphatic rings. The van der Waals surface area contributed by atoms with Gasteiger partial charge in [0.2, 0.25) is 0 Å². The molecule has 62 heavy (non-hydrogen) atoms. The van der Waals surface area contributed by atoms with Crippen molar-refractivity contribution in [3.8, 4) is 78.4 Å². The predicted octanol–water partition coefficient (Wildman–Crippen LogP) is 15.5. The number of hydrogen-bond acceptors (Lipinski definition) is 3. The fourth-order valence-electron chi connectivity index (χ4n) is 10.4. The molecule has 288 valence electrons. The smallest absolute Gasteiger partial charge is 0.160 e. The van der Waals surface area contributed by atoms with E-state index in [0.29, 0.717) is 5.82 Å². The van der Waals surface area contributed by atoms with Crippen LogP contribution < -0.4 is 0 Å². The Morgan fingerprint density at radius 3 is 1.48 bits per heavy atom. The monoisotopic (exact) mass is 804 g/mol. The zero-order valence-electron chi connectivity index (χ0n) is 33.6. The molecular formula is C59H36N2S. The SMILES string of the molecule is c1ccc(-c2cc(-c3ccc4c(c3)sc3ccccc34)cc(-c3cc(-c4ccc5c(c4)-c4ccccc4C54c5ccccc5-c5ccccc54)nc(-c4ccccc4)n3)c2)cc1. The molecule has 0 amide bonds. The highest BCUT2D eigenvalue weighted by atomic mass is 32.1. The van der Waals surface area contributed by atoms with Gasteiger partial charge in [-0.15, -0.1) is 11.3 Å². The van der Waals surface area contributed by atoms with E-state index in [1.54, 1.807) is 0 Å². The second kappa shape index (κ2) is 13.7. The van der Waals surface area contributed by atoms with Crippen LogP contribution in [-0.2, 0) is 5.41 Å². The quantitative estimate of drug-likeness (QED) is 0.173. The first-order valence-electron chi connectivity index (χ1n) is 21.2. The van der Waals surface area contributed by atoms with Crippen molar-refractivity contribution in [1.82, 2.24) is 9.97 Å². The second-order valence-electron chi connectivity index (χ2n) is 16.4. The minimum atomic E-state index is -0.392. The van der Waals surface area contributed by atoms with Crippen molar-refractivity contribution in [3.05, 3.63) is 241 Å². The highest BCUT2D eigenvalue weighted by molar-refractivity contribution is 7.25. The first kappa shape index (κ1) is 35.1. The highest BCUT2D eigenvalue weighted by Crippen LogP contribution is 2.63. The average Bonchev–Trinajstić information content (AvgIpc) is 3.98. The van der Waals surface area contributed by atoms with Crippen LogP contribution in [0.3, 0.4) is 0 Å². The third-order valence-corrected chi connectivity index (χ3v) is 14.2. The van der Waals surface area contributed by atoms with Gasteiger partial charge in [0, 0.05) is 36.9 Å². The molecule has 2 nitrogen and oxygen atoms in total. The van der Waals surface area contributed by atoms with Crippen LogP contribution in [-0.4, -0.2) is 9.97 Å². The van der Waals surface area contributed by atoms with E-state index >= 15 is 0 Å². The Morgan fingerprint density at radius 1 is 0.290 bits per heavy atom. The van der Waals surface area contributed by atoms with Crippen molar-refractivity contribution in [1.29, 1.82) is 0 Å². The van der Waals surface area contributed by atoms with Gasteiger partial charge in [-0.3, -0.25) is 0 Å². The molecule has 2 heterocycles. The Kier molecular flexibility index (Phi) is 7.72. The Balaban J connectivity index is 1.01. The van der Waals surface area contributed by atoms with Crippen LogP contribution in [0.4, 0.5) is 0 Å². The summed E-state index contributed by atoms with van der Waals surface area (Å²) < 4.78 is 2.60. The van der Waals surface area contributed by atoms with Crippen molar-refractivity contribution >= 4 is 31.5 Å². The molecule has 13 rings (SSSR count). The Bertz CT molecular complexity index is 3540. The van der Waals surface area contributed by atoms with E-state index in [9.17, 15) is 0 Å². The summed E-state index contributed by atoms with van der Waals surface area (Å²) in [5, 5.41) is 2.61. The van der Waals surface area contributed by atoms with E-state index < -0.39 is 5.41 Å². The van der Waals surface area contributed by atoms with Crippen molar-refractivity contribution in [3.63, 3.8) is 0 Å². The van der Waals surface area contributed by atoms with E-state index in [4.69, 9.17) is 9.97 Å². The first-order valence-corrected chi connectivity index (χ1v) is 22.0. The van der Waals surface area contributed by atoms with Gasteiger partial charge in [-0.1, -0.05) is 176 Å². The molecule has 11 aromatic rings. The van der Waals surface area contributed by atoms with E-state index in [1.165, 1.54) is 70.2 Å². The lowest BCUT2D eigenvalue weighted by Crippen LogP contribution is -2.25. The third kappa shape index (κ3) is 5.22. The Hall–Kier alpha value is -7.72. The standard InChI is InChI=1S/C59H36N2S/c1-3-15-37(16-4-1)41-31-42(39-27-29-48-47-22-10-14-26-56(47)62-57(48)35-39)33-43(32-41)55-36-54(60-58(61-55)38-17-5-2-6-18-38)40-28-30-53-49(34-40)46-21-9-13-25-52(46)59(53)50-23-11-7-19-44(50)45-20-8-12-24-51(45)59/h1-36H. The largest absolute Gasteiger partial charge is 0.228 e. The lowest BCUT2D eigenvalue weighted by molar-refractivity contribution is 0.794. The Labute approximate surface area is 364 Å². The number of benzene rings is 9. The number of nitrogens with zero attached hydrogens (tertiary/aromatic N) is 2. The molecule has 2 aliphatic carbocycles. The summed E-state index contributed by atoms with van der Waals surface area (Å²) in [5.74, 6) is 0.701. The van der Waals surface area contributed by atoms with Gasteiger partial charge in [-0.05, 0) is 109 Å². The molecule has 3 heteroatoms. The maximum Gasteiger partial charge on any atom is 0.160 e. The number of rotatable bonds is 5. The summed E-state index contributed by atoms with van der Waals surface area (Å²) >= 11 is 1.85. The number of aromatic nitrogens is 2. The van der Waals surface area contributed by atoms with Gasteiger partial charge in [0.15, 0.2) is 5.82 Å². The molecule has 9 aromatic carbocycles. The normalized spacial score (nSPS) is 13.0. The van der Waals surface area contributed by atoms with Crippen molar-refractivity contribution < 1.29 is 0 Å². The molecule has 0 saturated carbocycles.